The van der Waals surface area contributed by atoms with E-state index in [1.165, 1.54) is 25.6 Å². The topological polar surface area (TPSA) is 70.5 Å². The van der Waals surface area contributed by atoms with Gasteiger partial charge in [-0.3, -0.25) is 4.99 Å². The summed E-state index contributed by atoms with van der Waals surface area (Å²) in [5, 5.41) is 3.82. The lowest BCUT2D eigenvalue weighted by Gasteiger charge is -2.45. The van der Waals surface area contributed by atoms with Crippen LogP contribution in [0.4, 0.5) is 4.39 Å². The number of nitrogens with one attached hydrogen (secondary N) is 1. The van der Waals surface area contributed by atoms with Gasteiger partial charge in [0.1, 0.15) is 47.0 Å². The molecule has 4 rings (SSSR count). The van der Waals surface area contributed by atoms with Crippen molar-refractivity contribution in [2.45, 2.75) is 62.5 Å². The molecule has 2 heterocycles. The molecule has 0 radical (unpaired) electrons. The van der Waals surface area contributed by atoms with Gasteiger partial charge in [0.25, 0.3) is 0 Å². The predicted octanol–water partition coefficient (Wildman–Crippen LogP) is 4.34. The van der Waals surface area contributed by atoms with E-state index in [-0.39, 0.29) is 18.1 Å². The molecule has 0 bridgehead atoms. The van der Waals surface area contributed by atoms with Crippen LogP contribution in [0.5, 0.6) is 11.5 Å². The number of benzene rings is 2. The van der Waals surface area contributed by atoms with Crippen LogP contribution in [0.25, 0.3) is 0 Å². The zero-order valence-electron chi connectivity index (χ0n) is 20.7. The minimum absolute atomic E-state index is 0.278. The van der Waals surface area contributed by atoms with Gasteiger partial charge in [0, 0.05) is 7.05 Å². The SMILES string of the molecule is CNC1=N[C@@H]2[C@@H](OCc3ccc(OC)cc3)[C@H](OCc3ccc(OC)cc3)[C@@H](C(C)(C)F)O[C@@H]2S1. The summed E-state index contributed by atoms with van der Waals surface area (Å²) in [6.45, 7) is 3.64. The highest BCUT2D eigenvalue weighted by Gasteiger charge is 2.55. The van der Waals surface area contributed by atoms with Gasteiger partial charge in [-0.1, -0.05) is 36.0 Å². The van der Waals surface area contributed by atoms with Gasteiger partial charge in [0.05, 0.1) is 27.4 Å². The smallest absolute Gasteiger partial charge is 0.159 e. The fourth-order valence-corrected chi connectivity index (χ4v) is 5.26. The van der Waals surface area contributed by atoms with Crippen molar-refractivity contribution in [3.63, 3.8) is 0 Å². The third kappa shape index (κ3) is 6.09. The molecule has 0 saturated carbocycles. The summed E-state index contributed by atoms with van der Waals surface area (Å²) >= 11 is 1.45. The van der Waals surface area contributed by atoms with Gasteiger partial charge >= 0.3 is 0 Å². The highest BCUT2D eigenvalue weighted by atomic mass is 32.2. The van der Waals surface area contributed by atoms with Crippen molar-refractivity contribution in [3.05, 3.63) is 59.7 Å². The quantitative estimate of drug-likeness (QED) is 0.545. The van der Waals surface area contributed by atoms with E-state index < -0.39 is 24.0 Å². The van der Waals surface area contributed by atoms with Gasteiger partial charge in [-0.25, -0.2) is 4.39 Å². The van der Waals surface area contributed by atoms with Gasteiger partial charge in [0.15, 0.2) is 5.17 Å². The van der Waals surface area contributed by atoms with E-state index in [4.69, 9.17) is 28.7 Å². The normalized spacial score (nSPS) is 26.1. The number of methoxy groups -OCH3 is 2. The van der Waals surface area contributed by atoms with Gasteiger partial charge < -0.3 is 29.0 Å². The molecule has 2 aromatic carbocycles. The summed E-state index contributed by atoms with van der Waals surface area (Å²) < 4.78 is 45.0. The number of alkyl halides is 1. The van der Waals surface area contributed by atoms with Crippen LogP contribution in [0.2, 0.25) is 0 Å². The van der Waals surface area contributed by atoms with E-state index in [2.05, 4.69) is 5.32 Å². The average Bonchev–Trinajstić information content (AvgIpc) is 3.29. The fourth-order valence-electron chi connectivity index (χ4n) is 4.21. The zero-order valence-corrected chi connectivity index (χ0v) is 21.5. The van der Waals surface area contributed by atoms with Crippen LogP contribution in [0.15, 0.2) is 53.5 Å². The predicted molar refractivity (Wildman–Crippen MR) is 135 cm³/mol. The fraction of sp³-hybridized carbons (Fsp3) is 0.500. The van der Waals surface area contributed by atoms with E-state index in [0.29, 0.717) is 6.61 Å². The summed E-state index contributed by atoms with van der Waals surface area (Å²) in [7, 11) is 5.07. The molecule has 2 aliphatic heterocycles. The Morgan fingerprint density at radius 1 is 0.914 bits per heavy atom. The first kappa shape index (κ1) is 25.8. The van der Waals surface area contributed by atoms with E-state index in [1.807, 2.05) is 55.6 Å². The summed E-state index contributed by atoms with van der Waals surface area (Å²) in [5.41, 5.74) is -0.0980. The number of aliphatic imine (C=N–C) groups is 1. The number of halogens is 1. The highest BCUT2D eigenvalue weighted by Crippen LogP contribution is 2.42. The minimum Gasteiger partial charge on any atom is -0.497 e. The molecule has 9 heteroatoms. The first-order valence-corrected chi connectivity index (χ1v) is 12.5. The summed E-state index contributed by atoms with van der Waals surface area (Å²) in [4.78, 5) is 4.77. The molecule has 1 fully saturated rings. The number of ether oxygens (including phenoxy) is 5. The molecule has 35 heavy (non-hydrogen) atoms. The number of nitrogens with zero attached hydrogens (tertiary/aromatic N) is 1. The van der Waals surface area contributed by atoms with Crippen molar-refractivity contribution in [2.75, 3.05) is 21.3 Å². The van der Waals surface area contributed by atoms with Crippen molar-refractivity contribution in [2.24, 2.45) is 4.99 Å². The van der Waals surface area contributed by atoms with Crippen molar-refractivity contribution in [1.82, 2.24) is 5.32 Å². The molecule has 0 aromatic heterocycles. The van der Waals surface area contributed by atoms with Crippen LogP contribution in [-0.2, 0) is 27.4 Å². The number of fused-ring (bicyclic) bond motifs is 1. The lowest BCUT2D eigenvalue weighted by Crippen LogP contribution is -2.61. The molecule has 7 nitrogen and oxygen atoms in total. The number of thioether (sulfide) groups is 1. The largest absolute Gasteiger partial charge is 0.497 e. The van der Waals surface area contributed by atoms with Crippen LogP contribution in [0.1, 0.15) is 25.0 Å². The second kappa shape index (κ2) is 11.2. The molecule has 1 saturated heterocycles. The second-order valence-electron chi connectivity index (χ2n) is 9.03. The number of amidine groups is 1. The first-order chi connectivity index (χ1) is 16.8. The molecule has 2 aromatic rings. The molecule has 5 atom stereocenters. The molecule has 0 spiro atoms. The van der Waals surface area contributed by atoms with Crippen LogP contribution < -0.4 is 14.8 Å². The molecule has 0 aliphatic carbocycles. The Balaban J connectivity index is 1.58. The van der Waals surface area contributed by atoms with Crippen molar-refractivity contribution < 1.29 is 28.1 Å². The van der Waals surface area contributed by atoms with Gasteiger partial charge in [-0.2, -0.15) is 0 Å². The Morgan fingerprint density at radius 2 is 1.43 bits per heavy atom. The van der Waals surface area contributed by atoms with E-state index >= 15 is 4.39 Å². The van der Waals surface area contributed by atoms with Crippen molar-refractivity contribution in [3.8, 4) is 11.5 Å². The Morgan fingerprint density at radius 3 is 1.89 bits per heavy atom. The standard InChI is InChI=1S/C26H33FN2O5S/c1-26(2,27)23-22(33-15-17-8-12-19(31-5)13-9-17)21(20-24(34-23)35-25(28-3)29-20)32-14-16-6-10-18(30-4)11-7-16/h6-13,20-24H,14-15H2,1-5H3,(H,28,29)/t20-,21-,22+,23+,24-/m1/s1. The molecule has 190 valence electrons. The maximum atomic E-state index is 15.5. The van der Waals surface area contributed by atoms with Crippen LogP contribution in [0.3, 0.4) is 0 Å². The number of hydrogen-bond acceptors (Lipinski definition) is 8. The van der Waals surface area contributed by atoms with Gasteiger partial charge in [0.2, 0.25) is 0 Å². The Hall–Kier alpha value is -2.33. The third-order valence-electron chi connectivity index (χ3n) is 6.11. The molecule has 2 aliphatic rings. The molecule has 1 N–H and O–H groups in total. The van der Waals surface area contributed by atoms with E-state index in [1.54, 1.807) is 14.2 Å². The van der Waals surface area contributed by atoms with Crippen LogP contribution in [0, 0.1) is 0 Å². The highest BCUT2D eigenvalue weighted by molar-refractivity contribution is 8.14. The maximum absolute atomic E-state index is 15.5. The monoisotopic (exact) mass is 504 g/mol. The Labute approximate surface area is 210 Å². The molecule has 0 unspecified atom stereocenters. The average molecular weight is 505 g/mol. The van der Waals surface area contributed by atoms with Crippen LogP contribution in [-0.4, -0.2) is 61.9 Å². The van der Waals surface area contributed by atoms with Crippen molar-refractivity contribution >= 4 is 16.9 Å². The number of hydrogen-bond donors (Lipinski definition) is 1. The second-order valence-corrected chi connectivity index (χ2v) is 10.1. The Bertz CT molecular complexity index is 996. The molecular formula is C26H33FN2O5S. The third-order valence-corrected chi connectivity index (χ3v) is 7.26. The van der Waals surface area contributed by atoms with E-state index in [0.717, 1.165) is 27.8 Å². The summed E-state index contributed by atoms with van der Waals surface area (Å²) in [6, 6.07) is 14.9. The Kier molecular flexibility index (Phi) is 8.21. The summed E-state index contributed by atoms with van der Waals surface area (Å²) in [5.74, 6) is 1.54. The number of rotatable bonds is 9. The zero-order chi connectivity index (χ0) is 25.0. The lowest BCUT2D eigenvalue weighted by atomic mass is 9.89. The lowest BCUT2D eigenvalue weighted by molar-refractivity contribution is -0.225. The maximum Gasteiger partial charge on any atom is 0.159 e. The minimum atomic E-state index is -1.65. The van der Waals surface area contributed by atoms with Gasteiger partial charge in [-0.15, -0.1) is 0 Å². The van der Waals surface area contributed by atoms with E-state index in [9.17, 15) is 0 Å². The first-order valence-electron chi connectivity index (χ1n) is 11.6. The summed E-state index contributed by atoms with van der Waals surface area (Å²) in [6.07, 6.45) is -2.01. The van der Waals surface area contributed by atoms with Crippen LogP contribution >= 0.6 is 11.8 Å². The van der Waals surface area contributed by atoms with Crippen molar-refractivity contribution in [1.29, 1.82) is 0 Å². The molecular weight excluding hydrogens is 471 g/mol. The molecule has 0 amide bonds. The van der Waals surface area contributed by atoms with Gasteiger partial charge in [-0.05, 0) is 49.2 Å².